The molecule has 0 aromatic heterocycles. The summed E-state index contributed by atoms with van der Waals surface area (Å²) < 4.78 is 10.1. The van der Waals surface area contributed by atoms with E-state index in [0.29, 0.717) is 11.1 Å². The number of carbonyl (C=O) groups is 2. The lowest BCUT2D eigenvalue weighted by molar-refractivity contribution is 0.0585. The highest BCUT2D eigenvalue weighted by molar-refractivity contribution is 6.20. The van der Waals surface area contributed by atoms with Crippen LogP contribution in [0, 0.1) is 0 Å². The molecule has 5 heteroatoms. The molecule has 0 amide bonds. The van der Waals surface area contributed by atoms with E-state index >= 15 is 0 Å². The van der Waals surface area contributed by atoms with E-state index in [-0.39, 0.29) is 11.1 Å². The smallest absolute Gasteiger partial charge is 0.339 e. The number of methoxy groups -OCH3 is 2. The van der Waals surface area contributed by atoms with Crippen LogP contribution < -0.4 is 4.74 Å². The molecular formula is C18H14O5. The first-order valence-electron chi connectivity index (χ1n) is 6.92. The summed E-state index contributed by atoms with van der Waals surface area (Å²) in [6.45, 7) is 0. The zero-order valence-electron chi connectivity index (χ0n) is 12.6. The Morgan fingerprint density at radius 1 is 0.957 bits per heavy atom. The van der Waals surface area contributed by atoms with Gasteiger partial charge in [-0.3, -0.25) is 0 Å². The van der Waals surface area contributed by atoms with Crippen molar-refractivity contribution in [1.29, 1.82) is 0 Å². The maximum absolute atomic E-state index is 12.2. The molecule has 0 radical (unpaired) electrons. The van der Waals surface area contributed by atoms with Crippen molar-refractivity contribution in [3.63, 3.8) is 0 Å². The van der Waals surface area contributed by atoms with Crippen molar-refractivity contribution >= 4 is 33.5 Å². The molecule has 0 saturated heterocycles. The first-order valence-corrected chi connectivity index (χ1v) is 6.92. The molecule has 0 fully saturated rings. The second kappa shape index (κ2) is 5.61. The molecule has 116 valence electrons. The fourth-order valence-electron chi connectivity index (χ4n) is 2.74. The molecule has 0 aliphatic carbocycles. The minimum atomic E-state index is -1.17. The summed E-state index contributed by atoms with van der Waals surface area (Å²) in [5.41, 5.74) is -0.0315. The first kappa shape index (κ1) is 14.8. The van der Waals surface area contributed by atoms with Gasteiger partial charge in [-0.25, -0.2) is 9.59 Å². The highest BCUT2D eigenvalue weighted by Gasteiger charge is 2.22. The van der Waals surface area contributed by atoms with Crippen molar-refractivity contribution in [3.05, 3.63) is 53.6 Å². The van der Waals surface area contributed by atoms with E-state index < -0.39 is 11.9 Å². The Morgan fingerprint density at radius 3 is 2.26 bits per heavy atom. The number of fused-ring (bicyclic) bond motifs is 3. The molecule has 0 bridgehead atoms. The molecule has 0 atom stereocenters. The zero-order valence-corrected chi connectivity index (χ0v) is 12.6. The van der Waals surface area contributed by atoms with Crippen molar-refractivity contribution in [2.45, 2.75) is 0 Å². The maximum atomic E-state index is 12.2. The number of aromatic carboxylic acids is 1. The average Bonchev–Trinajstić information content (AvgIpc) is 2.58. The number of carboxylic acid groups (broad SMARTS) is 1. The molecule has 3 rings (SSSR count). The van der Waals surface area contributed by atoms with Gasteiger partial charge in [-0.05, 0) is 34.4 Å². The van der Waals surface area contributed by atoms with Gasteiger partial charge < -0.3 is 14.6 Å². The summed E-state index contributed by atoms with van der Waals surface area (Å²) in [6, 6.07) is 12.3. The van der Waals surface area contributed by atoms with Crippen molar-refractivity contribution in [3.8, 4) is 5.75 Å². The van der Waals surface area contributed by atoms with E-state index in [1.165, 1.54) is 13.2 Å². The molecular weight excluding hydrogens is 296 g/mol. The fraction of sp³-hybridized carbons (Fsp3) is 0.111. The van der Waals surface area contributed by atoms with E-state index in [0.717, 1.165) is 16.2 Å². The molecule has 23 heavy (non-hydrogen) atoms. The molecule has 0 aliphatic rings. The molecule has 0 heterocycles. The van der Waals surface area contributed by atoms with Gasteiger partial charge in [0.1, 0.15) is 5.75 Å². The van der Waals surface area contributed by atoms with Crippen molar-refractivity contribution in [1.82, 2.24) is 0 Å². The lowest BCUT2D eigenvalue weighted by atomic mass is 9.94. The Labute approximate surface area is 132 Å². The second-order valence-corrected chi connectivity index (χ2v) is 5.04. The fourth-order valence-corrected chi connectivity index (χ4v) is 2.74. The van der Waals surface area contributed by atoms with E-state index in [2.05, 4.69) is 0 Å². The normalized spacial score (nSPS) is 10.7. The number of rotatable bonds is 3. The van der Waals surface area contributed by atoms with Crippen LogP contribution in [-0.4, -0.2) is 31.3 Å². The molecule has 0 aliphatic heterocycles. The number of carboxylic acids is 1. The van der Waals surface area contributed by atoms with Crippen molar-refractivity contribution in [2.24, 2.45) is 0 Å². The third-order valence-electron chi connectivity index (χ3n) is 3.83. The summed E-state index contributed by atoms with van der Waals surface area (Å²) in [5, 5.41) is 12.3. The lowest BCUT2D eigenvalue weighted by Gasteiger charge is -2.12. The van der Waals surface area contributed by atoms with Crippen LogP contribution in [0.1, 0.15) is 20.7 Å². The molecule has 0 spiro atoms. The number of carbonyl (C=O) groups excluding carboxylic acids is 1. The summed E-state index contributed by atoms with van der Waals surface area (Å²) in [5.74, 6) is -1.22. The van der Waals surface area contributed by atoms with Crippen molar-refractivity contribution in [2.75, 3.05) is 14.2 Å². The first-order chi connectivity index (χ1) is 11.1. The average molecular weight is 310 g/mol. The van der Waals surface area contributed by atoms with Crippen LogP contribution in [0.3, 0.4) is 0 Å². The lowest BCUT2D eigenvalue weighted by Crippen LogP contribution is -2.11. The highest BCUT2D eigenvalue weighted by atomic mass is 16.5. The van der Waals surface area contributed by atoms with Crippen LogP contribution in [0.15, 0.2) is 42.5 Å². The molecule has 0 saturated carbocycles. The number of esters is 1. The Hall–Kier alpha value is -3.08. The summed E-state index contributed by atoms with van der Waals surface area (Å²) in [6.07, 6.45) is 0. The molecule has 0 unspecified atom stereocenters. The number of benzene rings is 3. The molecule has 5 nitrogen and oxygen atoms in total. The van der Waals surface area contributed by atoms with Crippen LogP contribution in [0.5, 0.6) is 5.75 Å². The largest absolute Gasteiger partial charge is 0.497 e. The van der Waals surface area contributed by atoms with Gasteiger partial charge in [-0.15, -0.1) is 0 Å². The van der Waals surface area contributed by atoms with E-state index in [9.17, 15) is 14.7 Å². The Kier molecular flexibility index (Phi) is 3.62. The maximum Gasteiger partial charge on any atom is 0.339 e. The van der Waals surface area contributed by atoms with E-state index in [1.54, 1.807) is 19.2 Å². The van der Waals surface area contributed by atoms with Crippen molar-refractivity contribution < 1.29 is 24.2 Å². The van der Waals surface area contributed by atoms with E-state index in [4.69, 9.17) is 9.47 Å². The topological polar surface area (TPSA) is 72.8 Å². The minimum Gasteiger partial charge on any atom is -0.497 e. The third-order valence-corrected chi connectivity index (χ3v) is 3.83. The standard InChI is InChI=1S/C18H14O5/c1-22-12-7-5-10-3-4-11-6-8-13(17(19)20)16(18(21)23-2)15(11)14(10)9-12/h3-9H,1-2H3,(H,19,20). The van der Waals surface area contributed by atoms with Crippen LogP contribution in [0.4, 0.5) is 0 Å². The highest BCUT2D eigenvalue weighted by Crippen LogP contribution is 2.33. The monoisotopic (exact) mass is 310 g/mol. The van der Waals surface area contributed by atoms with E-state index in [1.807, 2.05) is 24.3 Å². The van der Waals surface area contributed by atoms with Gasteiger partial charge in [0.15, 0.2) is 0 Å². The number of hydrogen-bond donors (Lipinski definition) is 1. The Morgan fingerprint density at radius 2 is 1.61 bits per heavy atom. The van der Waals surface area contributed by atoms with Gasteiger partial charge in [0.25, 0.3) is 0 Å². The SMILES string of the molecule is COC(=O)c1c(C(=O)O)ccc2ccc3ccc(OC)cc3c12. The Bertz CT molecular complexity index is 943. The summed E-state index contributed by atoms with van der Waals surface area (Å²) >= 11 is 0. The van der Waals surface area contributed by atoms with Gasteiger partial charge >= 0.3 is 11.9 Å². The predicted octanol–water partition coefficient (Wildman–Crippen LogP) is 3.49. The third kappa shape index (κ3) is 2.36. The van der Waals surface area contributed by atoms with Gasteiger partial charge in [0.05, 0.1) is 25.3 Å². The van der Waals surface area contributed by atoms with Gasteiger partial charge in [0, 0.05) is 5.39 Å². The molecule has 1 N–H and O–H groups in total. The predicted molar refractivity (Wildman–Crippen MR) is 86.3 cm³/mol. The summed E-state index contributed by atoms with van der Waals surface area (Å²) in [7, 11) is 2.79. The van der Waals surface area contributed by atoms with Crippen LogP contribution in [0.25, 0.3) is 21.5 Å². The van der Waals surface area contributed by atoms with Gasteiger partial charge in [-0.1, -0.05) is 24.3 Å². The Balaban J connectivity index is 2.54. The van der Waals surface area contributed by atoms with Gasteiger partial charge in [-0.2, -0.15) is 0 Å². The number of hydrogen-bond acceptors (Lipinski definition) is 4. The minimum absolute atomic E-state index is 0.0522. The van der Waals surface area contributed by atoms with Crippen LogP contribution in [-0.2, 0) is 4.74 Å². The van der Waals surface area contributed by atoms with Crippen LogP contribution >= 0.6 is 0 Å². The quantitative estimate of drug-likeness (QED) is 0.592. The molecule has 3 aromatic carbocycles. The zero-order chi connectivity index (χ0) is 16.6. The van der Waals surface area contributed by atoms with Gasteiger partial charge in [0.2, 0.25) is 0 Å². The summed E-state index contributed by atoms with van der Waals surface area (Å²) in [4.78, 5) is 23.7. The number of ether oxygens (including phenoxy) is 2. The second-order valence-electron chi connectivity index (χ2n) is 5.04. The molecule has 3 aromatic rings. The van der Waals surface area contributed by atoms with Crippen LogP contribution in [0.2, 0.25) is 0 Å².